The van der Waals surface area contributed by atoms with Gasteiger partial charge in [0.2, 0.25) is 5.78 Å². The van der Waals surface area contributed by atoms with Gasteiger partial charge >= 0.3 is 0 Å². The highest BCUT2D eigenvalue weighted by Crippen LogP contribution is 2.34. The van der Waals surface area contributed by atoms with Crippen molar-refractivity contribution in [2.75, 3.05) is 39.8 Å². The van der Waals surface area contributed by atoms with Gasteiger partial charge in [0, 0.05) is 32.2 Å². The topological polar surface area (TPSA) is 59.1 Å². The Kier molecular flexibility index (Phi) is 5.31. The van der Waals surface area contributed by atoms with E-state index in [0.29, 0.717) is 35.7 Å². The van der Waals surface area contributed by atoms with Gasteiger partial charge in [0.25, 0.3) is 5.91 Å². The van der Waals surface area contributed by atoms with Gasteiger partial charge in [-0.1, -0.05) is 12.1 Å². The maximum atomic E-state index is 13.0. The van der Waals surface area contributed by atoms with Crippen LogP contribution in [0.5, 0.6) is 11.5 Å². The number of ether oxygens (including phenoxy) is 2. The molecule has 2 aromatic rings. The van der Waals surface area contributed by atoms with Crippen LogP contribution < -0.4 is 9.47 Å². The third kappa shape index (κ3) is 4.30. The van der Waals surface area contributed by atoms with Crippen molar-refractivity contribution in [3.05, 3.63) is 65.2 Å². The number of rotatable bonds is 4. The van der Waals surface area contributed by atoms with Crippen molar-refractivity contribution < 1.29 is 23.5 Å². The number of hydrogen-bond donors (Lipinski definition) is 0. The van der Waals surface area contributed by atoms with Crippen molar-refractivity contribution in [1.29, 1.82) is 0 Å². The van der Waals surface area contributed by atoms with Gasteiger partial charge in [0.05, 0.1) is 5.56 Å². The van der Waals surface area contributed by atoms with Gasteiger partial charge in [-0.15, -0.1) is 0 Å². The number of allylic oxidation sites excluding steroid dienone is 1. The van der Waals surface area contributed by atoms with E-state index >= 15 is 0 Å². The van der Waals surface area contributed by atoms with Gasteiger partial charge in [-0.25, -0.2) is 4.39 Å². The zero-order valence-corrected chi connectivity index (χ0v) is 16.1. The summed E-state index contributed by atoms with van der Waals surface area (Å²) in [6, 6.07) is 10.7. The van der Waals surface area contributed by atoms with Crippen molar-refractivity contribution in [2.45, 2.75) is 0 Å². The predicted molar refractivity (Wildman–Crippen MR) is 105 cm³/mol. The number of hydrogen-bond acceptors (Lipinski definition) is 5. The van der Waals surface area contributed by atoms with Crippen molar-refractivity contribution in [3.63, 3.8) is 0 Å². The second-order valence-corrected chi connectivity index (χ2v) is 7.12. The van der Waals surface area contributed by atoms with Gasteiger partial charge in [-0.05, 0) is 43.0 Å². The Morgan fingerprint density at radius 3 is 2.59 bits per heavy atom. The molecule has 0 unspecified atom stereocenters. The molecular weight excluding hydrogens is 375 g/mol. The summed E-state index contributed by atoms with van der Waals surface area (Å²) < 4.78 is 24.3. The molecular formula is C22H21FN2O4. The fourth-order valence-corrected chi connectivity index (χ4v) is 3.26. The lowest BCUT2D eigenvalue weighted by Gasteiger charge is -2.32. The third-order valence-electron chi connectivity index (χ3n) is 5.03. The van der Waals surface area contributed by atoms with Crippen molar-refractivity contribution in [2.24, 2.45) is 0 Å². The Morgan fingerprint density at radius 1 is 1.14 bits per heavy atom. The summed E-state index contributed by atoms with van der Waals surface area (Å²) in [5.74, 6) is 0.353. The van der Waals surface area contributed by atoms with E-state index in [1.165, 1.54) is 12.1 Å². The highest BCUT2D eigenvalue weighted by atomic mass is 19.1. The molecule has 150 valence electrons. The van der Waals surface area contributed by atoms with Crippen LogP contribution in [0.2, 0.25) is 0 Å². The molecule has 4 rings (SSSR count). The summed E-state index contributed by atoms with van der Waals surface area (Å²) in [6.07, 6.45) is 1.57. The van der Waals surface area contributed by atoms with Crippen LogP contribution in [0.4, 0.5) is 4.39 Å². The maximum absolute atomic E-state index is 13.0. The summed E-state index contributed by atoms with van der Waals surface area (Å²) in [6.45, 7) is 3.03. The second kappa shape index (κ2) is 8.05. The number of Topliss-reactive ketones (excluding diaryl/α,β-unsaturated/α-hetero) is 1. The molecule has 0 aliphatic carbocycles. The quantitative estimate of drug-likeness (QED) is 0.744. The van der Waals surface area contributed by atoms with Gasteiger partial charge < -0.3 is 19.3 Å². The van der Waals surface area contributed by atoms with Gasteiger partial charge in [0.1, 0.15) is 17.3 Å². The molecule has 0 spiro atoms. The Bertz CT molecular complexity index is 963. The van der Waals surface area contributed by atoms with E-state index in [1.54, 1.807) is 41.3 Å². The molecule has 29 heavy (non-hydrogen) atoms. The van der Waals surface area contributed by atoms with E-state index in [0.717, 1.165) is 13.1 Å². The molecule has 2 aliphatic heterocycles. The smallest absolute Gasteiger partial charge is 0.260 e. The number of nitrogens with zero attached hydrogens (tertiary/aromatic N) is 2. The minimum atomic E-state index is -0.345. The molecule has 0 aromatic heterocycles. The first-order valence-electron chi connectivity index (χ1n) is 9.42. The molecule has 2 aliphatic rings. The van der Waals surface area contributed by atoms with Crippen LogP contribution in [-0.4, -0.2) is 61.3 Å². The zero-order valence-electron chi connectivity index (χ0n) is 16.1. The summed E-state index contributed by atoms with van der Waals surface area (Å²) in [5, 5.41) is 0. The average Bonchev–Trinajstić information content (AvgIpc) is 3.03. The van der Waals surface area contributed by atoms with Crippen LogP contribution in [-0.2, 0) is 4.79 Å². The molecule has 1 amide bonds. The number of piperazine rings is 1. The molecule has 0 radical (unpaired) electrons. The standard InChI is InChI=1S/C22H21FN2O4/c1-24-8-10-25(11-9-24)21(26)14-28-17-6-7-18-19(13-17)29-20(22(18)27)12-15-2-4-16(23)5-3-15/h2-7,12-13H,8-11,14H2,1H3. The first-order chi connectivity index (χ1) is 14.0. The lowest BCUT2D eigenvalue weighted by molar-refractivity contribution is -0.134. The molecule has 0 saturated carbocycles. The minimum Gasteiger partial charge on any atom is -0.484 e. The molecule has 7 heteroatoms. The highest BCUT2D eigenvalue weighted by molar-refractivity contribution is 6.14. The Hall–Kier alpha value is -3.19. The van der Waals surface area contributed by atoms with Gasteiger partial charge in [-0.3, -0.25) is 9.59 Å². The SMILES string of the molecule is CN1CCN(C(=O)COc2ccc3c(c2)OC(=Cc2ccc(F)cc2)C3=O)CC1. The van der Waals surface area contributed by atoms with Crippen LogP contribution >= 0.6 is 0 Å². The zero-order chi connectivity index (χ0) is 20.4. The Morgan fingerprint density at radius 2 is 1.86 bits per heavy atom. The van der Waals surface area contributed by atoms with Crippen molar-refractivity contribution in [1.82, 2.24) is 9.80 Å². The number of benzene rings is 2. The largest absolute Gasteiger partial charge is 0.484 e. The Labute approximate surface area is 168 Å². The molecule has 2 aromatic carbocycles. The number of carbonyl (C=O) groups is 2. The fourth-order valence-electron chi connectivity index (χ4n) is 3.26. The van der Waals surface area contributed by atoms with Crippen molar-refractivity contribution in [3.8, 4) is 11.5 Å². The van der Waals surface area contributed by atoms with Crippen molar-refractivity contribution >= 4 is 17.8 Å². The molecule has 0 bridgehead atoms. The Balaban J connectivity index is 1.41. The lowest BCUT2D eigenvalue weighted by atomic mass is 10.1. The van der Waals surface area contributed by atoms with E-state index in [-0.39, 0.29) is 29.9 Å². The van der Waals surface area contributed by atoms with Crippen LogP contribution in [0.15, 0.2) is 48.2 Å². The summed E-state index contributed by atoms with van der Waals surface area (Å²) in [4.78, 5) is 28.8. The van der Waals surface area contributed by atoms with Gasteiger partial charge in [-0.2, -0.15) is 0 Å². The summed E-state index contributed by atoms with van der Waals surface area (Å²) in [7, 11) is 2.03. The average molecular weight is 396 g/mol. The molecule has 0 atom stereocenters. The van der Waals surface area contributed by atoms with E-state index in [2.05, 4.69) is 4.90 Å². The maximum Gasteiger partial charge on any atom is 0.260 e. The number of amides is 1. The minimum absolute atomic E-state index is 0.0608. The fraction of sp³-hybridized carbons (Fsp3) is 0.273. The number of ketones is 1. The van der Waals surface area contributed by atoms with Crippen LogP contribution in [0.1, 0.15) is 15.9 Å². The molecule has 0 N–H and O–H groups in total. The van der Waals surface area contributed by atoms with E-state index in [4.69, 9.17) is 9.47 Å². The van der Waals surface area contributed by atoms with Crippen LogP contribution in [0, 0.1) is 5.82 Å². The first-order valence-corrected chi connectivity index (χ1v) is 9.42. The molecule has 1 saturated heterocycles. The molecule has 6 nitrogen and oxygen atoms in total. The third-order valence-corrected chi connectivity index (χ3v) is 5.03. The van der Waals surface area contributed by atoms with Gasteiger partial charge in [0.15, 0.2) is 12.4 Å². The predicted octanol–water partition coefficient (Wildman–Crippen LogP) is 2.59. The van der Waals surface area contributed by atoms with Crippen LogP contribution in [0.25, 0.3) is 6.08 Å². The summed E-state index contributed by atoms with van der Waals surface area (Å²) in [5.41, 5.74) is 1.09. The second-order valence-electron chi connectivity index (χ2n) is 7.12. The molecule has 2 heterocycles. The number of likely N-dealkylation sites (N-methyl/N-ethyl adjacent to an activating group) is 1. The van der Waals surface area contributed by atoms with Crippen LogP contribution in [0.3, 0.4) is 0 Å². The summed E-state index contributed by atoms with van der Waals surface area (Å²) >= 11 is 0. The number of fused-ring (bicyclic) bond motifs is 1. The normalized spacial score (nSPS) is 17.9. The van der Waals surface area contributed by atoms with E-state index in [9.17, 15) is 14.0 Å². The van der Waals surface area contributed by atoms with E-state index in [1.807, 2.05) is 7.05 Å². The lowest BCUT2D eigenvalue weighted by Crippen LogP contribution is -2.48. The monoisotopic (exact) mass is 396 g/mol. The first kappa shape index (κ1) is 19.1. The highest BCUT2D eigenvalue weighted by Gasteiger charge is 2.28. The van der Waals surface area contributed by atoms with E-state index < -0.39 is 0 Å². The molecule has 1 fully saturated rings. The number of halogens is 1. The number of carbonyl (C=O) groups excluding carboxylic acids is 2.